The van der Waals surface area contributed by atoms with E-state index in [1.807, 2.05) is 42.5 Å². The van der Waals surface area contributed by atoms with E-state index in [0.29, 0.717) is 5.92 Å². The maximum atomic E-state index is 12.9. The molecule has 3 aromatic heterocycles. The molecule has 0 unspecified atom stereocenters. The van der Waals surface area contributed by atoms with Crippen molar-refractivity contribution >= 4 is 5.65 Å². The van der Waals surface area contributed by atoms with Crippen LogP contribution in [0.25, 0.3) is 5.65 Å². The van der Waals surface area contributed by atoms with Crippen molar-refractivity contribution in [2.45, 2.75) is 52.5 Å². The van der Waals surface area contributed by atoms with Gasteiger partial charge in [-0.2, -0.15) is 5.10 Å². The first kappa shape index (κ1) is 16.1. The molecule has 4 rings (SSSR count). The molecule has 6 nitrogen and oxygen atoms in total. The van der Waals surface area contributed by atoms with Crippen molar-refractivity contribution in [3.8, 4) is 0 Å². The van der Waals surface area contributed by atoms with Gasteiger partial charge in [0.25, 0.3) is 0 Å². The van der Waals surface area contributed by atoms with Crippen molar-refractivity contribution in [2.24, 2.45) is 13.0 Å². The van der Waals surface area contributed by atoms with Gasteiger partial charge in [0.15, 0.2) is 0 Å². The molecule has 1 fully saturated rings. The number of hydrogen-bond acceptors (Lipinski definition) is 3. The number of hydrogen-bond donors (Lipinski definition) is 0. The van der Waals surface area contributed by atoms with Gasteiger partial charge in [-0.25, -0.2) is 14.2 Å². The van der Waals surface area contributed by atoms with Crippen LogP contribution in [0.5, 0.6) is 0 Å². The largest absolute Gasteiger partial charge is 0.334 e. The average molecular weight is 339 g/mol. The van der Waals surface area contributed by atoms with E-state index in [1.165, 1.54) is 31.2 Å². The molecular formula is C19H25N5O. The molecule has 0 aliphatic heterocycles. The Morgan fingerprint density at radius 2 is 1.92 bits per heavy atom. The van der Waals surface area contributed by atoms with Crippen molar-refractivity contribution in [1.82, 2.24) is 23.7 Å². The second kappa shape index (κ2) is 6.17. The van der Waals surface area contributed by atoms with Crippen LogP contribution in [0, 0.1) is 19.8 Å². The summed E-state index contributed by atoms with van der Waals surface area (Å²) >= 11 is 0. The van der Waals surface area contributed by atoms with E-state index in [4.69, 9.17) is 0 Å². The van der Waals surface area contributed by atoms with E-state index in [9.17, 15) is 4.79 Å². The third-order valence-electron chi connectivity index (χ3n) is 5.40. The molecule has 3 heterocycles. The van der Waals surface area contributed by atoms with Crippen molar-refractivity contribution in [1.29, 1.82) is 0 Å². The molecule has 0 atom stereocenters. The molecule has 132 valence electrons. The Morgan fingerprint density at radius 1 is 1.16 bits per heavy atom. The third kappa shape index (κ3) is 2.90. The van der Waals surface area contributed by atoms with Crippen molar-refractivity contribution < 1.29 is 0 Å². The smallest absolute Gasteiger partial charge is 0.300 e. The summed E-state index contributed by atoms with van der Waals surface area (Å²) in [4.78, 5) is 17.5. The summed E-state index contributed by atoms with van der Waals surface area (Å²) in [6.07, 6.45) is 11.6. The minimum Gasteiger partial charge on any atom is -0.300 e. The molecule has 0 radical (unpaired) electrons. The molecule has 1 aliphatic carbocycles. The van der Waals surface area contributed by atoms with Crippen LogP contribution in [0.2, 0.25) is 0 Å². The van der Waals surface area contributed by atoms with Crippen LogP contribution < -0.4 is 5.69 Å². The van der Waals surface area contributed by atoms with Crippen LogP contribution >= 0.6 is 0 Å². The molecule has 1 saturated carbocycles. The molecule has 0 spiro atoms. The van der Waals surface area contributed by atoms with Gasteiger partial charge in [-0.15, -0.1) is 0 Å². The quantitative estimate of drug-likeness (QED) is 0.734. The van der Waals surface area contributed by atoms with Crippen molar-refractivity contribution in [2.75, 3.05) is 0 Å². The Kier molecular flexibility index (Phi) is 3.98. The molecule has 1 aliphatic rings. The number of fused-ring (bicyclic) bond motifs is 1. The Balaban J connectivity index is 1.80. The molecule has 0 aromatic carbocycles. The van der Waals surface area contributed by atoms with Gasteiger partial charge in [0.1, 0.15) is 5.65 Å². The van der Waals surface area contributed by atoms with Gasteiger partial charge >= 0.3 is 5.69 Å². The number of aromatic nitrogens is 5. The summed E-state index contributed by atoms with van der Waals surface area (Å²) in [6.45, 7) is 4.78. The van der Waals surface area contributed by atoms with Crippen molar-refractivity contribution in [3.63, 3.8) is 0 Å². The molecule has 0 bridgehead atoms. The fourth-order valence-electron chi connectivity index (χ4n) is 4.09. The molecule has 0 N–H and O–H groups in total. The highest BCUT2D eigenvalue weighted by Crippen LogP contribution is 2.26. The fourth-order valence-corrected chi connectivity index (χ4v) is 4.09. The summed E-state index contributed by atoms with van der Waals surface area (Å²) in [7, 11) is 1.94. The first-order valence-corrected chi connectivity index (χ1v) is 9.08. The number of rotatable bonds is 4. The lowest BCUT2D eigenvalue weighted by Crippen LogP contribution is -2.30. The lowest BCUT2D eigenvalue weighted by Gasteiger charge is -2.14. The SMILES string of the molecule is Cc1nn(C)cc1Cc1cn(CC2CCCC2)c(=O)n2c(C)cnc12. The summed E-state index contributed by atoms with van der Waals surface area (Å²) in [6, 6.07) is 0. The van der Waals surface area contributed by atoms with Crippen LogP contribution in [-0.2, 0) is 20.0 Å². The summed E-state index contributed by atoms with van der Waals surface area (Å²) < 4.78 is 5.50. The van der Waals surface area contributed by atoms with E-state index in [1.54, 1.807) is 10.6 Å². The fraction of sp³-hybridized carbons (Fsp3) is 0.526. The van der Waals surface area contributed by atoms with Crippen LogP contribution in [0.4, 0.5) is 0 Å². The molecule has 6 heteroatoms. The van der Waals surface area contributed by atoms with Gasteiger partial charge in [-0.05, 0) is 38.2 Å². The zero-order valence-electron chi connectivity index (χ0n) is 15.2. The van der Waals surface area contributed by atoms with Gasteiger partial charge in [-0.1, -0.05) is 12.8 Å². The second-order valence-corrected chi connectivity index (χ2v) is 7.39. The minimum atomic E-state index is 0.0311. The van der Waals surface area contributed by atoms with Gasteiger partial charge in [0, 0.05) is 49.9 Å². The molecule has 0 amide bonds. The molecule has 0 saturated heterocycles. The van der Waals surface area contributed by atoms with Gasteiger partial charge < -0.3 is 0 Å². The Labute approximate surface area is 147 Å². The van der Waals surface area contributed by atoms with E-state index < -0.39 is 0 Å². The number of aryl methyl sites for hydroxylation is 3. The topological polar surface area (TPSA) is 57.1 Å². The Bertz CT molecular complexity index is 972. The first-order valence-electron chi connectivity index (χ1n) is 9.08. The zero-order valence-corrected chi connectivity index (χ0v) is 15.2. The van der Waals surface area contributed by atoms with Crippen LogP contribution in [-0.4, -0.2) is 23.7 Å². The van der Waals surface area contributed by atoms with E-state index in [2.05, 4.69) is 10.1 Å². The van der Waals surface area contributed by atoms with E-state index in [0.717, 1.165) is 35.6 Å². The highest BCUT2D eigenvalue weighted by molar-refractivity contribution is 5.50. The second-order valence-electron chi connectivity index (χ2n) is 7.39. The highest BCUT2D eigenvalue weighted by atomic mass is 16.1. The summed E-state index contributed by atoms with van der Waals surface area (Å²) in [5, 5.41) is 4.44. The Morgan fingerprint density at radius 3 is 2.60 bits per heavy atom. The monoisotopic (exact) mass is 339 g/mol. The van der Waals surface area contributed by atoms with Crippen LogP contribution in [0.1, 0.15) is 48.2 Å². The first-order chi connectivity index (χ1) is 12.0. The predicted molar refractivity (Wildman–Crippen MR) is 96.9 cm³/mol. The van der Waals surface area contributed by atoms with Gasteiger partial charge in [0.05, 0.1) is 5.69 Å². The normalized spacial score (nSPS) is 15.5. The number of nitrogens with zero attached hydrogens (tertiary/aromatic N) is 5. The minimum absolute atomic E-state index is 0.0311. The number of imidazole rings is 1. The summed E-state index contributed by atoms with van der Waals surface area (Å²) in [5.41, 5.74) is 4.98. The van der Waals surface area contributed by atoms with Crippen LogP contribution in [0.15, 0.2) is 23.4 Å². The lowest BCUT2D eigenvalue weighted by molar-refractivity contribution is 0.441. The average Bonchev–Trinajstić information content (AvgIpc) is 3.27. The molecular weight excluding hydrogens is 314 g/mol. The maximum Gasteiger partial charge on any atom is 0.334 e. The van der Waals surface area contributed by atoms with Crippen LogP contribution in [0.3, 0.4) is 0 Å². The maximum absolute atomic E-state index is 12.9. The van der Waals surface area contributed by atoms with Gasteiger partial charge in [0.2, 0.25) is 0 Å². The van der Waals surface area contributed by atoms with E-state index in [-0.39, 0.29) is 5.69 Å². The van der Waals surface area contributed by atoms with E-state index >= 15 is 0 Å². The van der Waals surface area contributed by atoms with Crippen molar-refractivity contribution in [3.05, 3.63) is 51.6 Å². The lowest BCUT2D eigenvalue weighted by atomic mass is 10.1. The Hall–Kier alpha value is -2.37. The summed E-state index contributed by atoms with van der Waals surface area (Å²) in [5.74, 6) is 0.618. The highest BCUT2D eigenvalue weighted by Gasteiger charge is 2.19. The van der Waals surface area contributed by atoms with Gasteiger partial charge in [-0.3, -0.25) is 9.25 Å². The predicted octanol–water partition coefficient (Wildman–Crippen LogP) is 2.63. The molecule has 25 heavy (non-hydrogen) atoms. The molecule has 3 aromatic rings. The third-order valence-corrected chi connectivity index (χ3v) is 5.40. The zero-order chi connectivity index (χ0) is 17.6. The standard InChI is InChI=1S/C19H25N5O/c1-13-9-20-18-17(8-16-11-22(3)21-14(16)2)12-23(19(25)24(13)18)10-15-6-4-5-7-15/h9,11-12,15H,4-8,10H2,1-3H3.